The van der Waals surface area contributed by atoms with E-state index in [2.05, 4.69) is 26.1 Å². The average Bonchev–Trinajstić information content (AvgIpc) is 3.17. The smallest absolute Gasteiger partial charge is 0.0615 e. The zero-order chi connectivity index (χ0) is 23.2. The van der Waals surface area contributed by atoms with Crippen molar-refractivity contribution in [3.05, 3.63) is 35.9 Å². The molecule has 5 N–H and O–H groups in total. The topological polar surface area (TPSA) is 82.5 Å². The molecule has 1 aromatic carbocycles. The molecule has 2 aliphatic rings. The second-order valence-electron chi connectivity index (χ2n) is 9.74. The van der Waals surface area contributed by atoms with Gasteiger partial charge in [0.05, 0.1) is 13.2 Å². The van der Waals surface area contributed by atoms with E-state index in [9.17, 15) is 0 Å². The normalized spacial score (nSPS) is 28.9. The SMILES string of the molecule is CC(C)[C@@H]1CC[C@@H](C)C[C@H]1N.COC[C@@H]1CC[C@@H](COC)N1.C[C@H](N)c1ccccc1. The van der Waals surface area contributed by atoms with Gasteiger partial charge in [-0.25, -0.2) is 0 Å². The zero-order valence-electron chi connectivity index (χ0n) is 20.8. The van der Waals surface area contributed by atoms with Gasteiger partial charge in [0.2, 0.25) is 0 Å². The highest BCUT2D eigenvalue weighted by molar-refractivity contribution is 5.17. The third-order valence-corrected chi connectivity index (χ3v) is 6.47. The van der Waals surface area contributed by atoms with Gasteiger partial charge in [0, 0.05) is 38.4 Å². The van der Waals surface area contributed by atoms with Crippen molar-refractivity contribution in [1.82, 2.24) is 5.32 Å². The largest absolute Gasteiger partial charge is 0.383 e. The summed E-state index contributed by atoms with van der Waals surface area (Å²) in [7, 11) is 3.48. The molecule has 0 bridgehead atoms. The fraction of sp³-hybridized carbons (Fsp3) is 0.769. The maximum Gasteiger partial charge on any atom is 0.0615 e. The first kappa shape index (κ1) is 28.1. The summed E-state index contributed by atoms with van der Waals surface area (Å²) in [5, 5.41) is 3.44. The number of nitrogens with two attached hydrogens (primary N) is 2. The van der Waals surface area contributed by atoms with Crippen molar-refractivity contribution in [2.45, 2.75) is 84.0 Å². The van der Waals surface area contributed by atoms with Gasteiger partial charge >= 0.3 is 0 Å². The number of hydrogen-bond donors (Lipinski definition) is 3. The Balaban J connectivity index is 0.000000234. The Morgan fingerprint density at radius 1 is 0.935 bits per heavy atom. The van der Waals surface area contributed by atoms with Gasteiger partial charge in [-0.2, -0.15) is 0 Å². The van der Waals surface area contributed by atoms with E-state index in [0.29, 0.717) is 18.1 Å². The third-order valence-electron chi connectivity index (χ3n) is 6.47. The minimum Gasteiger partial charge on any atom is -0.383 e. The van der Waals surface area contributed by atoms with Gasteiger partial charge in [0.15, 0.2) is 0 Å². The maximum absolute atomic E-state index is 6.07. The molecule has 0 spiro atoms. The molecule has 5 heteroatoms. The molecule has 6 atom stereocenters. The van der Waals surface area contributed by atoms with Gasteiger partial charge in [-0.15, -0.1) is 0 Å². The van der Waals surface area contributed by atoms with Crippen molar-refractivity contribution in [3.8, 4) is 0 Å². The van der Waals surface area contributed by atoms with Crippen LogP contribution in [0.15, 0.2) is 30.3 Å². The summed E-state index contributed by atoms with van der Waals surface area (Å²) in [4.78, 5) is 0. The lowest BCUT2D eigenvalue weighted by atomic mass is 9.74. The maximum atomic E-state index is 6.07. The van der Waals surface area contributed by atoms with Crippen molar-refractivity contribution in [3.63, 3.8) is 0 Å². The fourth-order valence-corrected chi connectivity index (χ4v) is 4.60. The van der Waals surface area contributed by atoms with E-state index in [1.807, 2.05) is 37.3 Å². The van der Waals surface area contributed by atoms with Crippen LogP contribution < -0.4 is 16.8 Å². The Hall–Kier alpha value is -0.980. The Bertz CT molecular complexity index is 541. The summed E-state index contributed by atoms with van der Waals surface area (Å²) in [5.41, 5.74) is 12.9. The van der Waals surface area contributed by atoms with Crippen LogP contribution in [-0.4, -0.2) is 45.6 Å². The van der Waals surface area contributed by atoms with Crippen molar-refractivity contribution < 1.29 is 9.47 Å². The molecule has 3 rings (SSSR count). The monoisotopic (exact) mass is 435 g/mol. The van der Waals surface area contributed by atoms with Crippen LogP contribution in [0.2, 0.25) is 0 Å². The van der Waals surface area contributed by atoms with Crippen LogP contribution in [0.3, 0.4) is 0 Å². The highest BCUT2D eigenvalue weighted by atomic mass is 16.5. The fourth-order valence-electron chi connectivity index (χ4n) is 4.60. The lowest BCUT2D eigenvalue weighted by molar-refractivity contribution is 0.153. The van der Waals surface area contributed by atoms with Gasteiger partial charge in [0.25, 0.3) is 0 Å². The number of benzene rings is 1. The van der Waals surface area contributed by atoms with E-state index in [1.165, 1.54) is 37.7 Å². The molecule has 2 fully saturated rings. The summed E-state index contributed by atoms with van der Waals surface area (Å²) >= 11 is 0. The quantitative estimate of drug-likeness (QED) is 0.612. The van der Waals surface area contributed by atoms with E-state index in [0.717, 1.165) is 31.0 Å². The third kappa shape index (κ3) is 11.4. The summed E-state index contributed by atoms with van der Waals surface area (Å²) in [5.74, 6) is 2.42. The first-order chi connectivity index (χ1) is 14.8. The number of nitrogens with one attached hydrogen (secondary N) is 1. The van der Waals surface area contributed by atoms with Gasteiger partial charge in [0.1, 0.15) is 0 Å². The first-order valence-corrected chi connectivity index (χ1v) is 12.1. The van der Waals surface area contributed by atoms with Crippen LogP contribution in [0.25, 0.3) is 0 Å². The highest BCUT2D eigenvalue weighted by Crippen LogP contribution is 2.31. The van der Waals surface area contributed by atoms with E-state index in [1.54, 1.807) is 14.2 Å². The van der Waals surface area contributed by atoms with Crippen molar-refractivity contribution in [2.75, 3.05) is 27.4 Å². The molecule has 5 nitrogen and oxygen atoms in total. The van der Waals surface area contributed by atoms with Gasteiger partial charge < -0.3 is 26.3 Å². The molecule has 1 saturated carbocycles. The van der Waals surface area contributed by atoms with Crippen LogP contribution in [0, 0.1) is 17.8 Å². The minimum atomic E-state index is 0.159. The van der Waals surface area contributed by atoms with Gasteiger partial charge in [-0.05, 0) is 55.9 Å². The summed E-state index contributed by atoms with van der Waals surface area (Å²) in [6, 6.07) is 11.8. The predicted octanol–water partition coefficient (Wildman–Crippen LogP) is 4.51. The summed E-state index contributed by atoms with van der Waals surface area (Å²) < 4.78 is 10.1. The lowest BCUT2D eigenvalue weighted by Crippen LogP contribution is -2.38. The number of hydrogen-bond acceptors (Lipinski definition) is 5. The second-order valence-corrected chi connectivity index (χ2v) is 9.74. The van der Waals surface area contributed by atoms with E-state index in [4.69, 9.17) is 20.9 Å². The lowest BCUT2D eigenvalue weighted by Gasteiger charge is -2.34. The van der Waals surface area contributed by atoms with Crippen LogP contribution in [-0.2, 0) is 9.47 Å². The first-order valence-electron chi connectivity index (χ1n) is 12.1. The average molecular weight is 436 g/mol. The Morgan fingerprint density at radius 2 is 1.48 bits per heavy atom. The van der Waals surface area contributed by atoms with E-state index < -0.39 is 0 Å². The number of rotatable bonds is 6. The molecule has 1 aliphatic heterocycles. The van der Waals surface area contributed by atoms with Crippen molar-refractivity contribution in [2.24, 2.45) is 29.2 Å². The van der Waals surface area contributed by atoms with Gasteiger partial charge in [-0.1, -0.05) is 57.5 Å². The standard InChI is InChI=1S/C10H21N.C8H17NO2.C8H11N/c1-7(2)9-5-4-8(3)6-10(9)11;1-10-5-7-3-4-8(9-7)6-11-2;1-7(9)8-5-3-2-4-6-8/h7-10H,4-6,11H2,1-3H3;7-9H,3-6H2,1-2H3;2-7H,9H2,1H3/t8-,9+,10-;7-,8-;7-/m100/s1. The Kier molecular flexibility index (Phi) is 14.3. The second kappa shape index (κ2) is 15.8. The molecular formula is C26H49N3O2. The van der Waals surface area contributed by atoms with E-state index in [-0.39, 0.29) is 6.04 Å². The van der Waals surface area contributed by atoms with Crippen LogP contribution in [0.1, 0.15) is 71.4 Å². The molecule has 1 saturated heterocycles. The molecule has 180 valence electrons. The Labute approximate surface area is 191 Å². The van der Waals surface area contributed by atoms with Crippen LogP contribution >= 0.6 is 0 Å². The molecule has 1 heterocycles. The number of ether oxygens (including phenoxy) is 2. The molecule has 0 unspecified atom stereocenters. The van der Waals surface area contributed by atoms with Crippen molar-refractivity contribution in [1.29, 1.82) is 0 Å². The predicted molar refractivity (Wildman–Crippen MR) is 132 cm³/mol. The zero-order valence-corrected chi connectivity index (χ0v) is 20.8. The van der Waals surface area contributed by atoms with Crippen LogP contribution in [0.4, 0.5) is 0 Å². The van der Waals surface area contributed by atoms with Gasteiger partial charge in [-0.3, -0.25) is 0 Å². The molecule has 1 aromatic rings. The van der Waals surface area contributed by atoms with Crippen LogP contribution in [0.5, 0.6) is 0 Å². The molecule has 31 heavy (non-hydrogen) atoms. The van der Waals surface area contributed by atoms with E-state index >= 15 is 0 Å². The van der Waals surface area contributed by atoms with Crippen molar-refractivity contribution >= 4 is 0 Å². The molecule has 0 aromatic heterocycles. The summed E-state index contributed by atoms with van der Waals surface area (Å²) in [6.45, 7) is 10.5. The summed E-state index contributed by atoms with van der Waals surface area (Å²) in [6.07, 6.45) is 6.39. The Morgan fingerprint density at radius 3 is 1.87 bits per heavy atom. The number of methoxy groups -OCH3 is 2. The highest BCUT2D eigenvalue weighted by Gasteiger charge is 2.27. The molecule has 0 amide bonds. The molecular weight excluding hydrogens is 386 g/mol. The molecule has 0 radical (unpaired) electrons. The minimum absolute atomic E-state index is 0.159. The molecule has 1 aliphatic carbocycles.